The molecule has 7 heteroatoms. The molecule has 7 nitrogen and oxygen atoms in total. The van der Waals surface area contributed by atoms with Crippen molar-refractivity contribution in [2.45, 2.75) is 52.5 Å². The lowest BCUT2D eigenvalue weighted by Crippen LogP contribution is -2.52. The zero-order chi connectivity index (χ0) is 20.0. The summed E-state index contributed by atoms with van der Waals surface area (Å²) in [7, 11) is 3.63. The Kier molecular flexibility index (Phi) is 5.16. The quantitative estimate of drug-likeness (QED) is 0.792. The van der Waals surface area contributed by atoms with E-state index in [-0.39, 0.29) is 35.2 Å². The number of hydrogen-bond donors (Lipinski definition) is 1. The molecule has 2 saturated heterocycles. The Hall–Kier alpha value is -1.79. The highest BCUT2D eigenvalue weighted by atomic mass is 16.2. The maximum atomic E-state index is 13.1. The molecule has 0 aromatic rings. The first-order valence-corrected chi connectivity index (χ1v) is 10.1. The van der Waals surface area contributed by atoms with E-state index in [4.69, 9.17) is 0 Å². The standard InChI is InChI=1S/C20H34N4O3/c1-14(2)21-18(27)23-10-8-19(9-11-23)6-7-20(17(26)22(4)5)13-24(15(3)25)12-16(19)20/h14,16H,6-13H2,1-5H3,(H,21,27)/t16-,20+/m1/s1. The molecule has 2 atom stereocenters. The number of fused-ring (bicyclic) bond motifs is 2. The van der Waals surface area contributed by atoms with Crippen LogP contribution in [0.15, 0.2) is 0 Å². The molecule has 0 bridgehead atoms. The third-order valence-electron chi connectivity index (χ3n) is 7.09. The van der Waals surface area contributed by atoms with Gasteiger partial charge in [-0.3, -0.25) is 9.59 Å². The summed E-state index contributed by atoms with van der Waals surface area (Å²) in [5, 5.41) is 2.97. The van der Waals surface area contributed by atoms with Crippen molar-refractivity contribution in [3.63, 3.8) is 0 Å². The average Bonchev–Trinajstić information content (AvgIpc) is 3.12. The van der Waals surface area contributed by atoms with E-state index in [9.17, 15) is 14.4 Å². The van der Waals surface area contributed by atoms with E-state index in [0.717, 1.165) is 38.8 Å². The molecular formula is C20H34N4O3. The number of nitrogens with one attached hydrogen (secondary N) is 1. The molecule has 152 valence electrons. The summed E-state index contributed by atoms with van der Waals surface area (Å²) in [6.07, 6.45) is 3.69. The first-order chi connectivity index (χ1) is 12.6. The highest BCUT2D eigenvalue weighted by Gasteiger charge is 2.65. The minimum absolute atomic E-state index is 0.00487. The average molecular weight is 379 g/mol. The smallest absolute Gasteiger partial charge is 0.317 e. The molecule has 0 radical (unpaired) electrons. The largest absolute Gasteiger partial charge is 0.348 e. The molecule has 1 spiro atoms. The molecule has 1 saturated carbocycles. The fourth-order valence-electron chi connectivity index (χ4n) is 5.69. The Morgan fingerprint density at radius 1 is 1.04 bits per heavy atom. The van der Waals surface area contributed by atoms with Crippen molar-refractivity contribution in [2.24, 2.45) is 16.7 Å². The summed E-state index contributed by atoms with van der Waals surface area (Å²) in [5.41, 5.74) is -0.387. The molecule has 4 amide bonds. The topological polar surface area (TPSA) is 73.0 Å². The maximum Gasteiger partial charge on any atom is 0.317 e. The Morgan fingerprint density at radius 2 is 1.67 bits per heavy atom. The van der Waals surface area contributed by atoms with Crippen molar-refractivity contribution in [1.29, 1.82) is 0 Å². The van der Waals surface area contributed by atoms with Gasteiger partial charge in [0.05, 0.1) is 5.41 Å². The molecule has 0 aromatic heterocycles. The lowest BCUT2D eigenvalue weighted by Gasteiger charge is -2.44. The summed E-state index contributed by atoms with van der Waals surface area (Å²) in [6.45, 7) is 8.20. The Morgan fingerprint density at radius 3 is 2.19 bits per heavy atom. The Bertz CT molecular complexity index is 625. The van der Waals surface area contributed by atoms with Crippen LogP contribution in [0.4, 0.5) is 4.79 Å². The summed E-state index contributed by atoms with van der Waals surface area (Å²) in [5.74, 6) is 0.409. The van der Waals surface area contributed by atoms with E-state index in [0.29, 0.717) is 13.1 Å². The molecule has 3 aliphatic rings. The van der Waals surface area contributed by atoms with Gasteiger partial charge in [-0.2, -0.15) is 0 Å². The Labute approximate surface area is 162 Å². The molecule has 1 N–H and O–H groups in total. The van der Waals surface area contributed by atoms with Crippen molar-refractivity contribution in [2.75, 3.05) is 40.3 Å². The number of likely N-dealkylation sites (tertiary alicyclic amines) is 2. The Balaban J connectivity index is 1.79. The van der Waals surface area contributed by atoms with Crippen molar-refractivity contribution >= 4 is 17.8 Å². The minimum Gasteiger partial charge on any atom is -0.348 e. The van der Waals surface area contributed by atoms with Gasteiger partial charge in [0, 0.05) is 53.2 Å². The number of rotatable bonds is 2. The highest BCUT2D eigenvalue weighted by molar-refractivity contribution is 5.86. The van der Waals surface area contributed by atoms with Crippen LogP contribution in [0.3, 0.4) is 0 Å². The van der Waals surface area contributed by atoms with Gasteiger partial charge in [0.2, 0.25) is 11.8 Å². The molecule has 27 heavy (non-hydrogen) atoms. The fraction of sp³-hybridized carbons (Fsp3) is 0.850. The number of amides is 4. The zero-order valence-electron chi connectivity index (χ0n) is 17.4. The maximum absolute atomic E-state index is 13.1. The highest BCUT2D eigenvalue weighted by Crippen LogP contribution is 2.62. The molecule has 0 unspecified atom stereocenters. The van der Waals surface area contributed by atoms with E-state index < -0.39 is 5.41 Å². The molecule has 1 aliphatic carbocycles. The second-order valence-electron chi connectivity index (χ2n) is 9.26. The number of hydrogen-bond acceptors (Lipinski definition) is 3. The van der Waals surface area contributed by atoms with Gasteiger partial charge in [0.15, 0.2) is 0 Å². The summed E-state index contributed by atoms with van der Waals surface area (Å²) < 4.78 is 0. The fourth-order valence-corrected chi connectivity index (χ4v) is 5.69. The third-order valence-corrected chi connectivity index (χ3v) is 7.09. The van der Waals surface area contributed by atoms with E-state index in [1.165, 1.54) is 0 Å². The number of carbonyl (C=O) groups is 3. The van der Waals surface area contributed by atoms with Crippen LogP contribution < -0.4 is 5.32 Å². The van der Waals surface area contributed by atoms with Crippen molar-refractivity contribution in [1.82, 2.24) is 20.0 Å². The van der Waals surface area contributed by atoms with Crippen LogP contribution in [-0.2, 0) is 9.59 Å². The molecule has 3 fully saturated rings. The van der Waals surface area contributed by atoms with Crippen LogP contribution in [0, 0.1) is 16.7 Å². The number of urea groups is 1. The van der Waals surface area contributed by atoms with Gasteiger partial charge >= 0.3 is 6.03 Å². The van der Waals surface area contributed by atoms with Gasteiger partial charge in [-0.25, -0.2) is 4.79 Å². The van der Waals surface area contributed by atoms with Gasteiger partial charge in [-0.15, -0.1) is 0 Å². The van der Waals surface area contributed by atoms with Gasteiger partial charge in [-0.05, 0) is 50.9 Å². The molecule has 3 rings (SSSR count). The second-order valence-corrected chi connectivity index (χ2v) is 9.26. The van der Waals surface area contributed by atoms with Crippen molar-refractivity contribution in [3.8, 4) is 0 Å². The van der Waals surface area contributed by atoms with E-state index in [2.05, 4.69) is 5.32 Å². The van der Waals surface area contributed by atoms with Crippen LogP contribution in [0.5, 0.6) is 0 Å². The van der Waals surface area contributed by atoms with E-state index in [1.54, 1.807) is 11.8 Å². The number of carbonyl (C=O) groups excluding carboxylic acids is 3. The van der Waals surface area contributed by atoms with Gasteiger partial charge < -0.3 is 20.0 Å². The van der Waals surface area contributed by atoms with Crippen LogP contribution >= 0.6 is 0 Å². The van der Waals surface area contributed by atoms with Crippen LogP contribution in [0.25, 0.3) is 0 Å². The summed E-state index contributed by atoms with van der Waals surface area (Å²) >= 11 is 0. The lowest BCUT2D eigenvalue weighted by molar-refractivity contribution is -0.141. The summed E-state index contributed by atoms with van der Waals surface area (Å²) in [4.78, 5) is 43.0. The van der Waals surface area contributed by atoms with Gasteiger partial charge in [0.1, 0.15) is 0 Å². The van der Waals surface area contributed by atoms with Crippen molar-refractivity contribution in [3.05, 3.63) is 0 Å². The van der Waals surface area contributed by atoms with Gasteiger partial charge in [0.25, 0.3) is 0 Å². The predicted molar refractivity (Wildman–Crippen MR) is 103 cm³/mol. The molecular weight excluding hydrogens is 344 g/mol. The zero-order valence-corrected chi connectivity index (χ0v) is 17.4. The van der Waals surface area contributed by atoms with E-state index in [1.807, 2.05) is 37.7 Å². The van der Waals surface area contributed by atoms with Crippen LogP contribution in [0.1, 0.15) is 46.5 Å². The molecule has 2 aliphatic heterocycles. The normalized spacial score (nSPS) is 29.2. The third kappa shape index (κ3) is 3.29. The van der Waals surface area contributed by atoms with Crippen LogP contribution in [-0.4, -0.2) is 78.9 Å². The predicted octanol–water partition coefficient (Wildman–Crippen LogP) is 1.53. The molecule has 0 aromatic carbocycles. The van der Waals surface area contributed by atoms with Gasteiger partial charge in [-0.1, -0.05) is 0 Å². The van der Waals surface area contributed by atoms with Crippen molar-refractivity contribution < 1.29 is 14.4 Å². The lowest BCUT2D eigenvalue weighted by atomic mass is 9.65. The monoisotopic (exact) mass is 378 g/mol. The first kappa shape index (κ1) is 20.0. The van der Waals surface area contributed by atoms with E-state index >= 15 is 0 Å². The molecule has 2 heterocycles. The number of nitrogens with zero attached hydrogens (tertiary/aromatic N) is 3. The first-order valence-electron chi connectivity index (χ1n) is 10.1. The SMILES string of the molecule is CC(=O)N1C[C@@H]2C3(CCN(C(=O)NC(C)C)CC3)CC[C@]2(C(=O)N(C)C)C1. The number of piperidine rings is 1. The van der Waals surface area contributed by atoms with Crippen LogP contribution in [0.2, 0.25) is 0 Å². The second kappa shape index (κ2) is 6.99. The minimum atomic E-state index is -0.447. The summed E-state index contributed by atoms with van der Waals surface area (Å²) in [6, 6.07) is 0.134.